The summed E-state index contributed by atoms with van der Waals surface area (Å²) in [5.41, 5.74) is 0.355. The first-order valence-corrected chi connectivity index (χ1v) is 6.73. The Kier molecular flexibility index (Phi) is 2.64. The molecule has 2 aromatic rings. The molecule has 0 N–H and O–H groups in total. The molecule has 1 aliphatic heterocycles. The van der Waals surface area contributed by atoms with Crippen LogP contribution in [0.2, 0.25) is 0 Å². The second-order valence-electron chi connectivity index (χ2n) is 3.80. The van der Waals surface area contributed by atoms with Crippen LogP contribution in [0.3, 0.4) is 0 Å². The summed E-state index contributed by atoms with van der Waals surface area (Å²) in [7, 11) is 0. The van der Waals surface area contributed by atoms with Crippen LogP contribution < -0.4 is 0 Å². The number of fused-ring (bicyclic) bond motifs is 2. The van der Waals surface area contributed by atoms with E-state index in [2.05, 4.69) is 0 Å². The number of rotatable bonds is 0. The molecule has 3 rings (SSSR count). The van der Waals surface area contributed by atoms with Crippen LogP contribution in [0.15, 0.2) is 49.9 Å². The molecular weight excluding hydrogens is 258 g/mol. The van der Waals surface area contributed by atoms with Crippen LogP contribution in [0, 0.1) is 18.6 Å². The highest BCUT2D eigenvalue weighted by molar-refractivity contribution is 8.05. The Morgan fingerprint density at radius 2 is 1.53 bits per heavy atom. The fourth-order valence-corrected chi connectivity index (χ4v) is 4.07. The molecule has 0 unspecified atom stereocenters. The third-order valence-electron chi connectivity index (χ3n) is 2.59. The number of halogens is 2. The van der Waals surface area contributed by atoms with Crippen LogP contribution in [0.25, 0.3) is 0 Å². The Hall–Kier alpha value is -1.000. The maximum atomic E-state index is 13.8. The highest BCUT2D eigenvalue weighted by atomic mass is 32.2. The third-order valence-corrected chi connectivity index (χ3v) is 5.15. The van der Waals surface area contributed by atoms with Gasteiger partial charge in [-0.25, -0.2) is 8.78 Å². The van der Waals surface area contributed by atoms with E-state index in [0.29, 0.717) is 10.5 Å². The summed E-state index contributed by atoms with van der Waals surface area (Å²) in [6.45, 7) is 1.59. The van der Waals surface area contributed by atoms with E-state index in [-0.39, 0.29) is 0 Å². The molecule has 0 saturated carbocycles. The molecule has 0 nitrogen and oxygen atoms in total. The molecule has 2 aromatic carbocycles. The lowest BCUT2D eigenvalue weighted by molar-refractivity contribution is 0.480. The van der Waals surface area contributed by atoms with E-state index in [4.69, 9.17) is 0 Å². The Morgan fingerprint density at radius 3 is 2.24 bits per heavy atom. The van der Waals surface area contributed by atoms with Gasteiger partial charge in [-0.1, -0.05) is 35.7 Å². The summed E-state index contributed by atoms with van der Waals surface area (Å²) in [5, 5.41) is 0. The normalized spacial score (nSPS) is 13.1. The highest BCUT2D eigenvalue weighted by Gasteiger charge is 2.23. The predicted molar refractivity (Wildman–Crippen MR) is 65.8 cm³/mol. The zero-order valence-electron chi connectivity index (χ0n) is 8.96. The van der Waals surface area contributed by atoms with Gasteiger partial charge in [-0.15, -0.1) is 0 Å². The smallest absolute Gasteiger partial charge is 0.174 e. The zero-order chi connectivity index (χ0) is 12.0. The SMILES string of the molecule is Cc1cc2c(c(F)c1F)Sc1ccccc1S2. The van der Waals surface area contributed by atoms with Crippen molar-refractivity contribution < 1.29 is 8.78 Å². The molecule has 4 heteroatoms. The van der Waals surface area contributed by atoms with Crippen LogP contribution in [-0.2, 0) is 0 Å². The number of aryl methyl sites for hydroxylation is 1. The lowest BCUT2D eigenvalue weighted by atomic mass is 10.2. The average Bonchev–Trinajstić information content (AvgIpc) is 2.34. The van der Waals surface area contributed by atoms with Gasteiger partial charge in [0.1, 0.15) is 0 Å². The van der Waals surface area contributed by atoms with E-state index in [0.717, 1.165) is 14.7 Å². The first-order chi connectivity index (χ1) is 8.16. The van der Waals surface area contributed by atoms with E-state index >= 15 is 0 Å². The van der Waals surface area contributed by atoms with Crippen molar-refractivity contribution in [1.82, 2.24) is 0 Å². The van der Waals surface area contributed by atoms with E-state index < -0.39 is 11.6 Å². The number of hydrogen-bond acceptors (Lipinski definition) is 2. The Balaban J connectivity index is 2.18. The van der Waals surface area contributed by atoms with Crippen LogP contribution in [0.4, 0.5) is 8.78 Å². The van der Waals surface area contributed by atoms with Crippen molar-refractivity contribution in [3.63, 3.8) is 0 Å². The van der Waals surface area contributed by atoms with Crippen molar-refractivity contribution >= 4 is 23.5 Å². The number of benzene rings is 2. The fourth-order valence-electron chi connectivity index (χ4n) is 1.72. The first-order valence-electron chi connectivity index (χ1n) is 5.10. The van der Waals surface area contributed by atoms with Gasteiger partial charge in [0.25, 0.3) is 0 Å². The highest BCUT2D eigenvalue weighted by Crippen LogP contribution is 2.49. The summed E-state index contributed by atoms with van der Waals surface area (Å²) in [6.07, 6.45) is 0. The summed E-state index contributed by atoms with van der Waals surface area (Å²) in [6, 6.07) is 9.48. The lowest BCUT2D eigenvalue weighted by Gasteiger charge is -2.19. The van der Waals surface area contributed by atoms with Gasteiger partial charge in [-0.3, -0.25) is 0 Å². The molecule has 1 heterocycles. The average molecular weight is 266 g/mol. The minimum absolute atomic E-state index is 0.355. The van der Waals surface area contributed by atoms with Crippen molar-refractivity contribution in [2.24, 2.45) is 0 Å². The number of hydrogen-bond donors (Lipinski definition) is 0. The van der Waals surface area contributed by atoms with Crippen LogP contribution in [0.1, 0.15) is 5.56 Å². The Bertz CT molecular complexity index is 609. The maximum Gasteiger partial charge on any atom is 0.174 e. The molecule has 86 valence electrons. The van der Waals surface area contributed by atoms with Crippen LogP contribution in [0.5, 0.6) is 0 Å². The molecule has 1 aliphatic rings. The van der Waals surface area contributed by atoms with E-state index in [1.54, 1.807) is 13.0 Å². The molecule has 0 spiro atoms. The molecule has 0 aliphatic carbocycles. The van der Waals surface area contributed by atoms with Gasteiger partial charge < -0.3 is 0 Å². The van der Waals surface area contributed by atoms with Gasteiger partial charge in [0.15, 0.2) is 11.6 Å². The second kappa shape index (κ2) is 4.03. The van der Waals surface area contributed by atoms with Crippen molar-refractivity contribution in [3.8, 4) is 0 Å². The molecule has 0 radical (unpaired) electrons. The molecule has 17 heavy (non-hydrogen) atoms. The van der Waals surface area contributed by atoms with E-state index in [9.17, 15) is 8.78 Å². The third kappa shape index (κ3) is 1.76. The molecule has 0 atom stereocenters. The van der Waals surface area contributed by atoms with Gasteiger partial charge >= 0.3 is 0 Å². The van der Waals surface area contributed by atoms with Gasteiger partial charge in [0.05, 0.1) is 4.90 Å². The first kappa shape index (κ1) is 11.1. The zero-order valence-corrected chi connectivity index (χ0v) is 10.6. The monoisotopic (exact) mass is 266 g/mol. The molecule has 0 aromatic heterocycles. The van der Waals surface area contributed by atoms with Gasteiger partial charge in [0.2, 0.25) is 0 Å². The molecule has 0 amide bonds. The predicted octanol–water partition coefficient (Wildman–Crippen LogP) is 4.89. The summed E-state index contributed by atoms with van der Waals surface area (Å²) in [4.78, 5) is 3.27. The van der Waals surface area contributed by atoms with E-state index in [1.165, 1.54) is 23.5 Å². The Morgan fingerprint density at radius 1 is 0.882 bits per heavy atom. The summed E-state index contributed by atoms with van der Waals surface area (Å²) >= 11 is 2.79. The van der Waals surface area contributed by atoms with E-state index in [1.807, 2.05) is 24.3 Å². The molecular formula is C13H8F2S2. The Labute approximate surface area is 106 Å². The van der Waals surface area contributed by atoms with Gasteiger partial charge in [-0.2, -0.15) is 0 Å². The minimum Gasteiger partial charge on any atom is -0.203 e. The van der Waals surface area contributed by atoms with Crippen molar-refractivity contribution in [2.45, 2.75) is 26.5 Å². The maximum absolute atomic E-state index is 13.8. The minimum atomic E-state index is -0.740. The van der Waals surface area contributed by atoms with Crippen LogP contribution >= 0.6 is 23.5 Å². The lowest BCUT2D eigenvalue weighted by Crippen LogP contribution is -1.98. The van der Waals surface area contributed by atoms with Gasteiger partial charge in [0, 0.05) is 14.7 Å². The second-order valence-corrected chi connectivity index (χ2v) is 5.94. The standard InChI is InChI=1S/C13H8F2S2/c1-7-6-10-13(12(15)11(7)14)17-9-5-3-2-4-8(9)16-10/h2-6H,1H3. The van der Waals surface area contributed by atoms with Crippen molar-refractivity contribution in [3.05, 3.63) is 47.5 Å². The topological polar surface area (TPSA) is 0 Å². The van der Waals surface area contributed by atoms with Crippen LogP contribution in [-0.4, -0.2) is 0 Å². The molecule has 0 bridgehead atoms. The largest absolute Gasteiger partial charge is 0.203 e. The van der Waals surface area contributed by atoms with Gasteiger partial charge in [-0.05, 0) is 30.7 Å². The van der Waals surface area contributed by atoms with Crippen molar-refractivity contribution in [1.29, 1.82) is 0 Å². The summed E-state index contributed by atoms with van der Waals surface area (Å²) < 4.78 is 27.3. The summed E-state index contributed by atoms with van der Waals surface area (Å²) in [5.74, 6) is -1.47. The fraction of sp³-hybridized carbons (Fsp3) is 0.0769. The molecule has 0 fully saturated rings. The molecule has 0 saturated heterocycles. The van der Waals surface area contributed by atoms with Crippen molar-refractivity contribution in [2.75, 3.05) is 0 Å². The quantitative estimate of drug-likeness (QED) is 0.568.